The molecule has 100 valence electrons. The van der Waals surface area contributed by atoms with E-state index in [9.17, 15) is 13.6 Å². The van der Waals surface area contributed by atoms with Crippen molar-refractivity contribution in [2.75, 3.05) is 32.1 Å². The van der Waals surface area contributed by atoms with Gasteiger partial charge in [0.2, 0.25) is 5.91 Å². The Balaban J connectivity index is 2.29. The van der Waals surface area contributed by atoms with Gasteiger partial charge in [-0.1, -0.05) is 0 Å². The number of hydrogen-bond acceptors (Lipinski definition) is 3. The summed E-state index contributed by atoms with van der Waals surface area (Å²) in [7, 11) is 1.61. The molecule has 1 aromatic carbocycles. The molecule has 0 fully saturated rings. The Labute approximate surface area is 104 Å². The van der Waals surface area contributed by atoms with Crippen molar-refractivity contribution in [2.24, 2.45) is 0 Å². The summed E-state index contributed by atoms with van der Waals surface area (Å²) < 4.78 is 30.4. The molecule has 0 aliphatic carbocycles. The molecule has 0 atom stereocenters. The van der Waals surface area contributed by atoms with E-state index in [-0.39, 0.29) is 18.1 Å². The largest absolute Gasteiger partial charge is 0.385 e. The van der Waals surface area contributed by atoms with Gasteiger partial charge in [0.1, 0.15) is 0 Å². The van der Waals surface area contributed by atoms with Crippen LogP contribution in [0.2, 0.25) is 0 Å². The number of anilines is 1. The predicted molar refractivity (Wildman–Crippen MR) is 64.4 cm³/mol. The molecule has 0 radical (unpaired) electrons. The first-order chi connectivity index (χ1) is 8.63. The lowest BCUT2D eigenvalue weighted by Crippen LogP contribution is -2.29. The van der Waals surface area contributed by atoms with Crippen LogP contribution in [-0.2, 0) is 9.53 Å². The topological polar surface area (TPSA) is 50.4 Å². The SMILES string of the molecule is COCCCNCC(=O)Nc1ccc(F)c(F)c1. The molecule has 6 heteroatoms. The van der Waals surface area contributed by atoms with Gasteiger partial charge in [-0.15, -0.1) is 0 Å². The zero-order chi connectivity index (χ0) is 13.4. The summed E-state index contributed by atoms with van der Waals surface area (Å²) in [4.78, 5) is 11.4. The quantitative estimate of drug-likeness (QED) is 0.729. The van der Waals surface area contributed by atoms with E-state index in [2.05, 4.69) is 10.6 Å². The van der Waals surface area contributed by atoms with Crippen LogP contribution in [0.3, 0.4) is 0 Å². The Bertz CT molecular complexity index is 400. The van der Waals surface area contributed by atoms with Crippen LogP contribution in [0.15, 0.2) is 18.2 Å². The standard InChI is InChI=1S/C12H16F2N2O2/c1-18-6-2-5-15-8-12(17)16-9-3-4-10(13)11(14)7-9/h3-4,7,15H,2,5-6,8H2,1H3,(H,16,17). The molecule has 0 bridgehead atoms. The van der Waals surface area contributed by atoms with Gasteiger partial charge in [0.25, 0.3) is 0 Å². The number of amides is 1. The van der Waals surface area contributed by atoms with Gasteiger partial charge in [-0.2, -0.15) is 0 Å². The molecule has 0 heterocycles. The highest BCUT2D eigenvalue weighted by Gasteiger charge is 2.05. The van der Waals surface area contributed by atoms with Gasteiger partial charge in [0, 0.05) is 25.5 Å². The molecule has 1 aromatic rings. The van der Waals surface area contributed by atoms with Crippen molar-refractivity contribution in [3.8, 4) is 0 Å². The van der Waals surface area contributed by atoms with E-state index in [1.165, 1.54) is 6.07 Å². The molecule has 18 heavy (non-hydrogen) atoms. The minimum atomic E-state index is -0.985. The van der Waals surface area contributed by atoms with Crippen molar-refractivity contribution in [1.82, 2.24) is 5.32 Å². The zero-order valence-corrected chi connectivity index (χ0v) is 10.1. The highest BCUT2D eigenvalue weighted by molar-refractivity contribution is 5.92. The second kappa shape index (κ2) is 7.73. The Morgan fingerprint density at radius 1 is 1.33 bits per heavy atom. The maximum absolute atomic E-state index is 12.9. The maximum Gasteiger partial charge on any atom is 0.238 e. The summed E-state index contributed by atoms with van der Waals surface area (Å²) in [5, 5.41) is 5.37. The number of hydrogen-bond donors (Lipinski definition) is 2. The highest BCUT2D eigenvalue weighted by Crippen LogP contribution is 2.12. The van der Waals surface area contributed by atoms with Crippen LogP contribution < -0.4 is 10.6 Å². The monoisotopic (exact) mass is 258 g/mol. The molecule has 1 rings (SSSR count). The molecule has 4 nitrogen and oxygen atoms in total. The van der Waals surface area contributed by atoms with E-state index in [4.69, 9.17) is 4.74 Å². The number of nitrogens with one attached hydrogen (secondary N) is 2. The minimum Gasteiger partial charge on any atom is -0.385 e. The molecule has 0 saturated carbocycles. The lowest BCUT2D eigenvalue weighted by Gasteiger charge is -2.06. The molecule has 2 N–H and O–H groups in total. The van der Waals surface area contributed by atoms with Gasteiger partial charge < -0.3 is 15.4 Å². The lowest BCUT2D eigenvalue weighted by atomic mass is 10.3. The van der Waals surface area contributed by atoms with Crippen molar-refractivity contribution in [1.29, 1.82) is 0 Å². The predicted octanol–water partition coefficient (Wildman–Crippen LogP) is 1.53. The van der Waals surface area contributed by atoms with Crippen molar-refractivity contribution >= 4 is 11.6 Å². The second-order valence-electron chi connectivity index (χ2n) is 3.70. The maximum atomic E-state index is 12.9. The second-order valence-corrected chi connectivity index (χ2v) is 3.70. The fourth-order valence-electron chi connectivity index (χ4n) is 1.32. The van der Waals surface area contributed by atoms with Crippen molar-refractivity contribution in [3.63, 3.8) is 0 Å². The van der Waals surface area contributed by atoms with Crippen molar-refractivity contribution < 1.29 is 18.3 Å². The molecule has 1 amide bonds. The zero-order valence-electron chi connectivity index (χ0n) is 10.1. The molecule has 0 unspecified atom stereocenters. The number of halogens is 2. The molecule has 0 aliphatic rings. The Morgan fingerprint density at radius 3 is 2.78 bits per heavy atom. The number of carbonyl (C=O) groups is 1. The minimum absolute atomic E-state index is 0.114. The third kappa shape index (κ3) is 5.20. The van der Waals surface area contributed by atoms with Crippen molar-refractivity contribution in [2.45, 2.75) is 6.42 Å². The van der Waals surface area contributed by atoms with Crippen LogP contribution in [0.4, 0.5) is 14.5 Å². The van der Waals surface area contributed by atoms with Gasteiger partial charge in [0.05, 0.1) is 6.54 Å². The van der Waals surface area contributed by atoms with Crippen LogP contribution >= 0.6 is 0 Å². The fraction of sp³-hybridized carbons (Fsp3) is 0.417. The van der Waals surface area contributed by atoms with Gasteiger partial charge in [-0.3, -0.25) is 4.79 Å². The van der Waals surface area contributed by atoms with Gasteiger partial charge in [-0.25, -0.2) is 8.78 Å². The summed E-state index contributed by atoms with van der Waals surface area (Å²) in [6, 6.07) is 3.22. The molecular weight excluding hydrogens is 242 g/mol. The van der Waals surface area contributed by atoms with Crippen LogP contribution in [-0.4, -0.2) is 32.7 Å². The first-order valence-corrected chi connectivity index (χ1v) is 5.58. The highest BCUT2D eigenvalue weighted by atomic mass is 19.2. The first-order valence-electron chi connectivity index (χ1n) is 5.58. The normalized spacial score (nSPS) is 10.4. The van der Waals surface area contributed by atoms with Crippen LogP contribution in [0.5, 0.6) is 0 Å². The smallest absolute Gasteiger partial charge is 0.238 e. The fourth-order valence-corrected chi connectivity index (χ4v) is 1.32. The summed E-state index contributed by atoms with van der Waals surface area (Å²) in [5.41, 5.74) is 0.234. The molecule has 0 spiro atoms. The Morgan fingerprint density at radius 2 is 2.11 bits per heavy atom. The Hall–Kier alpha value is -1.53. The first kappa shape index (κ1) is 14.5. The van der Waals surface area contributed by atoms with Gasteiger partial charge in [-0.05, 0) is 25.1 Å². The number of rotatable bonds is 7. The molecular formula is C12H16F2N2O2. The van der Waals surface area contributed by atoms with E-state index in [0.29, 0.717) is 13.2 Å². The van der Waals surface area contributed by atoms with E-state index in [0.717, 1.165) is 18.6 Å². The summed E-state index contributed by atoms with van der Waals surface area (Å²) in [6.45, 7) is 1.39. The number of carbonyl (C=O) groups excluding carboxylic acids is 1. The third-order valence-electron chi connectivity index (χ3n) is 2.19. The molecule has 0 aromatic heterocycles. The summed E-state index contributed by atoms with van der Waals surface area (Å²) in [6.07, 6.45) is 0.801. The third-order valence-corrected chi connectivity index (χ3v) is 2.19. The van der Waals surface area contributed by atoms with Crippen LogP contribution in [0.25, 0.3) is 0 Å². The number of ether oxygens (including phenoxy) is 1. The average molecular weight is 258 g/mol. The van der Waals surface area contributed by atoms with E-state index in [1.54, 1.807) is 7.11 Å². The Kier molecular flexibility index (Phi) is 6.24. The van der Waals surface area contributed by atoms with Crippen LogP contribution in [0.1, 0.15) is 6.42 Å². The molecule has 0 saturated heterocycles. The van der Waals surface area contributed by atoms with Crippen LogP contribution in [0, 0.1) is 11.6 Å². The average Bonchev–Trinajstić information content (AvgIpc) is 2.34. The number of benzene rings is 1. The lowest BCUT2D eigenvalue weighted by molar-refractivity contribution is -0.115. The molecule has 0 aliphatic heterocycles. The van der Waals surface area contributed by atoms with E-state index < -0.39 is 11.6 Å². The van der Waals surface area contributed by atoms with E-state index >= 15 is 0 Å². The summed E-state index contributed by atoms with van der Waals surface area (Å²) in [5.74, 6) is -2.23. The van der Waals surface area contributed by atoms with Gasteiger partial charge >= 0.3 is 0 Å². The van der Waals surface area contributed by atoms with Gasteiger partial charge in [0.15, 0.2) is 11.6 Å². The summed E-state index contributed by atoms with van der Waals surface area (Å²) >= 11 is 0. The van der Waals surface area contributed by atoms with Crippen molar-refractivity contribution in [3.05, 3.63) is 29.8 Å². The van der Waals surface area contributed by atoms with E-state index in [1.807, 2.05) is 0 Å². The number of methoxy groups -OCH3 is 1.